The number of carboxylic acid groups (broad SMARTS) is 1. The Morgan fingerprint density at radius 3 is 2.24 bits per heavy atom. The van der Waals surface area contributed by atoms with Gasteiger partial charge in [0.25, 0.3) is 0 Å². The van der Waals surface area contributed by atoms with Crippen LogP contribution in [0.1, 0.15) is 45.6 Å². The number of piperidine rings is 1. The smallest absolute Gasteiger partial charge is 0.413 e. The summed E-state index contributed by atoms with van der Waals surface area (Å²) in [6, 6.07) is 8.93. The molecule has 1 fully saturated rings. The average molecular weight is 490 g/mol. The summed E-state index contributed by atoms with van der Waals surface area (Å²) in [6.07, 6.45) is 3.19. The quantitative estimate of drug-likeness (QED) is 0.564. The summed E-state index contributed by atoms with van der Waals surface area (Å²) >= 11 is 0. The van der Waals surface area contributed by atoms with Gasteiger partial charge in [-0.2, -0.15) is 4.31 Å². The zero-order chi connectivity index (χ0) is 24.9. The van der Waals surface area contributed by atoms with Crippen molar-refractivity contribution < 1.29 is 23.1 Å². The predicted octanol–water partition coefficient (Wildman–Crippen LogP) is 3.86. The summed E-state index contributed by atoms with van der Waals surface area (Å²) in [6.45, 7) is 6.58. The lowest BCUT2D eigenvalue weighted by atomic mass is 10.1. The van der Waals surface area contributed by atoms with Gasteiger partial charge in [-0.1, -0.05) is 12.5 Å². The van der Waals surface area contributed by atoms with Crippen LogP contribution in [0.2, 0.25) is 0 Å². The van der Waals surface area contributed by atoms with E-state index in [0.717, 1.165) is 19.3 Å². The number of carbonyl (C=O) groups is 2. The van der Waals surface area contributed by atoms with E-state index in [0.29, 0.717) is 30.2 Å². The molecular formula is C23H31N5O5S. The molecule has 0 atom stereocenters. The monoisotopic (exact) mass is 489 g/mol. The molecule has 0 radical (unpaired) electrons. The largest absolute Gasteiger partial charge is 0.465 e. The molecule has 11 heteroatoms. The number of amides is 3. The minimum atomic E-state index is -3.52. The van der Waals surface area contributed by atoms with Crippen molar-refractivity contribution in [1.82, 2.24) is 14.6 Å². The number of hydrogen-bond acceptors (Lipinski definition) is 5. The maximum Gasteiger partial charge on any atom is 0.413 e. The van der Waals surface area contributed by atoms with Gasteiger partial charge in [0.15, 0.2) is 0 Å². The van der Waals surface area contributed by atoms with Gasteiger partial charge in [-0.3, -0.25) is 4.90 Å². The second-order valence-corrected chi connectivity index (χ2v) is 11.0. The molecule has 0 aliphatic carbocycles. The number of nitrogens with zero attached hydrogens (tertiary/aromatic N) is 3. The van der Waals surface area contributed by atoms with Crippen LogP contribution in [0.3, 0.4) is 0 Å². The first-order valence-electron chi connectivity index (χ1n) is 11.1. The molecule has 1 saturated heterocycles. The Morgan fingerprint density at radius 2 is 1.71 bits per heavy atom. The van der Waals surface area contributed by atoms with Gasteiger partial charge in [0, 0.05) is 37.1 Å². The first kappa shape index (κ1) is 25.4. The third kappa shape index (κ3) is 6.23. The summed E-state index contributed by atoms with van der Waals surface area (Å²) in [5.74, 6) is 0.299. The molecule has 1 aliphatic heterocycles. The lowest BCUT2D eigenvalue weighted by molar-refractivity contribution is 0.195. The van der Waals surface area contributed by atoms with Crippen LogP contribution in [0, 0.1) is 0 Å². The summed E-state index contributed by atoms with van der Waals surface area (Å²) < 4.78 is 26.9. The van der Waals surface area contributed by atoms with Crippen molar-refractivity contribution in [3.05, 3.63) is 48.2 Å². The average Bonchev–Trinajstić information content (AvgIpc) is 2.78. The molecule has 0 saturated carbocycles. The summed E-state index contributed by atoms with van der Waals surface area (Å²) in [5.41, 5.74) is 0.508. The molecular weight excluding hydrogens is 458 g/mol. The fourth-order valence-corrected chi connectivity index (χ4v) is 5.22. The van der Waals surface area contributed by atoms with E-state index in [9.17, 15) is 23.1 Å². The van der Waals surface area contributed by atoms with Crippen molar-refractivity contribution in [3.8, 4) is 0 Å². The highest BCUT2D eigenvalue weighted by atomic mass is 32.2. The fourth-order valence-electron chi connectivity index (χ4n) is 3.70. The molecule has 3 rings (SSSR count). The van der Waals surface area contributed by atoms with Crippen LogP contribution in [0.4, 0.5) is 21.1 Å². The Labute approximate surface area is 200 Å². The van der Waals surface area contributed by atoms with Crippen LogP contribution in [0.25, 0.3) is 0 Å². The minimum absolute atomic E-state index is 0.184. The van der Waals surface area contributed by atoms with Gasteiger partial charge in [0.2, 0.25) is 10.0 Å². The van der Waals surface area contributed by atoms with Crippen LogP contribution in [0.5, 0.6) is 0 Å². The highest BCUT2D eigenvalue weighted by Crippen LogP contribution is 2.23. The number of urea groups is 1. The van der Waals surface area contributed by atoms with Crippen LogP contribution in [-0.4, -0.2) is 53.6 Å². The lowest BCUT2D eigenvalue weighted by Gasteiger charge is -2.32. The number of anilines is 2. The van der Waals surface area contributed by atoms with E-state index in [1.807, 2.05) is 0 Å². The van der Waals surface area contributed by atoms with E-state index in [1.165, 1.54) is 27.5 Å². The molecule has 0 spiro atoms. The highest BCUT2D eigenvalue weighted by Gasteiger charge is 2.29. The lowest BCUT2D eigenvalue weighted by Crippen LogP contribution is -2.45. The van der Waals surface area contributed by atoms with Gasteiger partial charge in [-0.05, 0) is 69.5 Å². The molecule has 1 aromatic heterocycles. The Hall–Kier alpha value is -3.18. The minimum Gasteiger partial charge on any atom is -0.465 e. The van der Waals surface area contributed by atoms with Crippen LogP contribution < -0.4 is 15.5 Å². The van der Waals surface area contributed by atoms with Crippen molar-refractivity contribution >= 4 is 33.7 Å². The Morgan fingerprint density at radius 1 is 1.06 bits per heavy atom. The summed E-state index contributed by atoms with van der Waals surface area (Å²) in [7, 11) is -3.52. The zero-order valence-corrected chi connectivity index (χ0v) is 20.4. The maximum atomic E-state index is 12.7. The van der Waals surface area contributed by atoms with Crippen molar-refractivity contribution in [2.45, 2.75) is 57.0 Å². The van der Waals surface area contributed by atoms with Gasteiger partial charge in [-0.15, -0.1) is 0 Å². The third-order valence-electron chi connectivity index (χ3n) is 5.42. The van der Waals surface area contributed by atoms with Crippen LogP contribution >= 0.6 is 0 Å². The number of nitrogens with one attached hydrogen (secondary N) is 2. The van der Waals surface area contributed by atoms with E-state index in [2.05, 4.69) is 15.6 Å². The number of sulfonamides is 1. The molecule has 3 N–H and O–H groups in total. The van der Waals surface area contributed by atoms with Crippen molar-refractivity contribution in [2.75, 3.05) is 23.3 Å². The standard InChI is InChI=1S/C23H31N5O5S/c1-23(2,3)28(22(30)31)20-12-7-17(15-24-20)16-25-21(29)26-18-8-10-19(11-9-18)34(32,33)27-13-5-4-6-14-27/h7-12,15H,4-6,13-14,16H2,1-3H3,(H,30,31)(H2,25,26,29). The van der Waals surface area contributed by atoms with Gasteiger partial charge >= 0.3 is 12.1 Å². The number of rotatable bonds is 6. The number of hydrogen-bond donors (Lipinski definition) is 3. The first-order valence-corrected chi connectivity index (χ1v) is 12.6. The van der Waals surface area contributed by atoms with Gasteiger partial charge in [-0.25, -0.2) is 23.0 Å². The van der Waals surface area contributed by atoms with E-state index in [4.69, 9.17) is 0 Å². The fraction of sp³-hybridized carbons (Fsp3) is 0.435. The molecule has 1 aliphatic rings. The van der Waals surface area contributed by atoms with Crippen LogP contribution in [-0.2, 0) is 16.6 Å². The first-order chi connectivity index (χ1) is 16.0. The SMILES string of the molecule is CC(C)(C)N(C(=O)O)c1ccc(CNC(=O)Nc2ccc(S(=O)(=O)N3CCCCC3)cc2)cn1. The predicted molar refractivity (Wildman–Crippen MR) is 129 cm³/mol. The number of benzene rings is 1. The molecule has 0 unspecified atom stereocenters. The highest BCUT2D eigenvalue weighted by molar-refractivity contribution is 7.89. The van der Waals surface area contributed by atoms with E-state index < -0.39 is 27.7 Å². The van der Waals surface area contributed by atoms with Crippen molar-refractivity contribution in [1.29, 1.82) is 0 Å². The molecule has 2 aromatic rings. The van der Waals surface area contributed by atoms with Gasteiger partial charge < -0.3 is 15.7 Å². The van der Waals surface area contributed by atoms with E-state index in [1.54, 1.807) is 45.0 Å². The summed E-state index contributed by atoms with van der Waals surface area (Å²) in [4.78, 5) is 29.4. The second-order valence-electron chi connectivity index (χ2n) is 9.11. The van der Waals surface area contributed by atoms with Gasteiger partial charge in [0.1, 0.15) is 5.82 Å². The topological polar surface area (TPSA) is 132 Å². The van der Waals surface area contributed by atoms with Crippen LogP contribution in [0.15, 0.2) is 47.5 Å². The normalized spacial score (nSPS) is 14.9. The van der Waals surface area contributed by atoms with E-state index >= 15 is 0 Å². The Bertz CT molecular complexity index is 1110. The maximum absolute atomic E-state index is 12.7. The zero-order valence-electron chi connectivity index (χ0n) is 19.6. The molecule has 1 aromatic carbocycles. The third-order valence-corrected chi connectivity index (χ3v) is 7.33. The molecule has 2 heterocycles. The number of aromatic nitrogens is 1. The Balaban J connectivity index is 1.55. The molecule has 10 nitrogen and oxygen atoms in total. The second kappa shape index (κ2) is 10.4. The number of pyridine rings is 1. The van der Waals surface area contributed by atoms with Gasteiger partial charge in [0.05, 0.1) is 4.90 Å². The van der Waals surface area contributed by atoms with Crippen molar-refractivity contribution in [3.63, 3.8) is 0 Å². The van der Waals surface area contributed by atoms with Crippen molar-refractivity contribution in [2.24, 2.45) is 0 Å². The molecule has 3 amide bonds. The van der Waals surface area contributed by atoms with E-state index in [-0.39, 0.29) is 11.4 Å². The Kier molecular flexibility index (Phi) is 7.78. The molecule has 184 valence electrons. The molecule has 34 heavy (non-hydrogen) atoms. The molecule has 0 bridgehead atoms. The summed E-state index contributed by atoms with van der Waals surface area (Å²) in [5, 5.41) is 14.8. The number of carbonyl (C=O) groups excluding carboxylic acids is 1.